The lowest BCUT2D eigenvalue weighted by Gasteiger charge is -2.17. The number of halogens is 2. The zero-order valence-corrected chi connectivity index (χ0v) is 8.68. The Hall–Kier alpha value is -2.25. The molecular formula is C9H8F2N2O4. The van der Waals surface area contributed by atoms with Crippen LogP contribution in [0.5, 0.6) is 0 Å². The summed E-state index contributed by atoms with van der Waals surface area (Å²) in [6.07, 6.45) is -1.55. The van der Waals surface area contributed by atoms with E-state index in [1.165, 1.54) is 6.92 Å². The van der Waals surface area contributed by atoms with Crippen molar-refractivity contribution in [1.29, 1.82) is 0 Å². The molecule has 0 spiro atoms. The number of nitro groups is 1. The van der Waals surface area contributed by atoms with Gasteiger partial charge in [-0.2, -0.15) is 0 Å². The summed E-state index contributed by atoms with van der Waals surface area (Å²) in [5, 5.41) is 19.4. The summed E-state index contributed by atoms with van der Waals surface area (Å²) in [5.74, 6) is -2.43. The van der Waals surface area contributed by atoms with E-state index in [-0.39, 0.29) is 6.54 Å². The highest BCUT2D eigenvalue weighted by atomic mass is 19.1. The first kappa shape index (κ1) is 12.8. The number of nitro benzene ring substituents is 1. The van der Waals surface area contributed by atoms with E-state index < -0.39 is 34.0 Å². The van der Waals surface area contributed by atoms with Crippen LogP contribution >= 0.6 is 0 Å². The topological polar surface area (TPSA) is 83.7 Å². The Kier molecular flexibility index (Phi) is 3.56. The molecule has 1 aromatic rings. The van der Waals surface area contributed by atoms with Crippen molar-refractivity contribution < 1.29 is 23.6 Å². The molecule has 92 valence electrons. The van der Waals surface area contributed by atoms with Crippen LogP contribution in [0.25, 0.3) is 0 Å². The molecule has 6 nitrogen and oxygen atoms in total. The number of benzene rings is 1. The van der Waals surface area contributed by atoms with Crippen molar-refractivity contribution in [3.05, 3.63) is 33.9 Å². The highest BCUT2D eigenvalue weighted by Gasteiger charge is 2.28. The molecule has 0 aliphatic rings. The van der Waals surface area contributed by atoms with Crippen molar-refractivity contribution in [1.82, 2.24) is 0 Å². The fourth-order valence-electron chi connectivity index (χ4n) is 1.35. The molecule has 0 saturated heterocycles. The van der Waals surface area contributed by atoms with Crippen LogP contribution in [-0.4, -0.2) is 22.7 Å². The predicted octanol–water partition coefficient (Wildman–Crippen LogP) is 2.38. The molecule has 17 heavy (non-hydrogen) atoms. The van der Waals surface area contributed by atoms with E-state index in [1.54, 1.807) is 0 Å². The predicted molar refractivity (Wildman–Crippen MR) is 54.1 cm³/mol. The lowest BCUT2D eigenvalue weighted by Crippen LogP contribution is -2.30. The van der Waals surface area contributed by atoms with Gasteiger partial charge in [-0.1, -0.05) is 0 Å². The van der Waals surface area contributed by atoms with E-state index in [2.05, 4.69) is 0 Å². The minimum Gasteiger partial charge on any atom is -0.465 e. The Morgan fingerprint density at radius 3 is 2.53 bits per heavy atom. The lowest BCUT2D eigenvalue weighted by molar-refractivity contribution is -0.384. The van der Waals surface area contributed by atoms with Gasteiger partial charge in [0.2, 0.25) is 0 Å². The van der Waals surface area contributed by atoms with Crippen LogP contribution in [0.1, 0.15) is 6.92 Å². The second-order valence-electron chi connectivity index (χ2n) is 3.04. The van der Waals surface area contributed by atoms with Crippen LogP contribution in [-0.2, 0) is 0 Å². The summed E-state index contributed by atoms with van der Waals surface area (Å²) < 4.78 is 26.2. The Balaban J connectivity index is 3.49. The monoisotopic (exact) mass is 246 g/mol. The second kappa shape index (κ2) is 4.73. The van der Waals surface area contributed by atoms with Gasteiger partial charge in [0.05, 0.1) is 11.0 Å². The largest absolute Gasteiger partial charge is 0.465 e. The van der Waals surface area contributed by atoms with E-state index in [0.717, 1.165) is 0 Å². The number of rotatable bonds is 3. The normalized spacial score (nSPS) is 10.1. The van der Waals surface area contributed by atoms with E-state index in [0.29, 0.717) is 17.0 Å². The SMILES string of the molecule is CCN(C(=O)O)c1c(F)cc(F)cc1[N+](=O)[O-]. The Bertz CT molecular complexity index is 478. The Morgan fingerprint density at radius 1 is 1.53 bits per heavy atom. The van der Waals surface area contributed by atoms with Crippen molar-refractivity contribution in [3.63, 3.8) is 0 Å². The van der Waals surface area contributed by atoms with Gasteiger partial charge in [0, 0.05) is 12.6 Å². The molecule has 0 bridgehead atoms. The minimum absolute atomic E-state index is 0.196. The van der Waals surface area contributed by atoms with E-state index in [9.17, 15) is 23.7 Å². The molecule has 0 atom stereocenters. The molecule has 0 unspecified atom stereocenters. The van der Waals surface area contributed by atoms with Gasteiger partial charge >= 0.3 is 6.09 Å². The van der Waals surface area contributed by atoms with Crippen LogP contribution in [0.2, 0.25) is 0 Å². The molecular weight excluding hydrogens is 238 g/mol. The number of amides is 1. The van der Waals surface area contributed by atoms with Crippen LogP contribution in [0.15, 0.2) is 12.1 Å². The van der Waals surface area contributed by atoms with Gasteiger partial charge in [0.25, 0.3) is 5.69 Å². The van der Waals surface area contributed by atoms with Crippen molar-refractivity contribution in [2.24, 2.45) is 0 Å². The standard InChI is InChI=1S/C9H8F2N2O4/c1-2-12(9(14)15)8-6(11)3-5(10)4-7(8)13(16)17/h3-4H,2H2,1H3,(H,14,15). The molecule has 0 saturated carbocycles. The molecule has 0 heterocycles. The number of hydrogen-bond acceptors (Lipinski definition) is 3. The maximum Gasteiger partial charge on any atom is 0.412 e. The maximum absolute atomic E-state index is 13.4. The summed E-state index contributed by atoms with van der Waals surface area (Å²) >= 11 is 0. The van der Waals surface area contributed by atoms with Crippen LogP contribution in [0.3, 0.4) is 0 Å². The number of anilines is 1. The van der Waals surface area contributed by atoms with Gasteiger partial charge < -0.3 is 5.11 Å². The number of carboxylic acid groups (broad SMARTS) is 1. The summed E-state index contributed by atoms with van der Waals surface area (Å²) in [4.78, 5) is 20.8. The molecule has 1 N–H and O–H groups in total. The first-order valence-corrected chi connectivity index (χ1v) is 4.52. The molecule has 1 aromatic carbocycles. The first-order valence-electron chi connectivity index (χ1n) is 4.52. The van der Waals surface area contributed by atoms with Crippen LogP contribution < -0.4 is 4.90 Å². The third-order valence-electron chi connectivity index (χ3n) is 2.02. The highest BCUT2D eigenvalue weighted by Crippen LogP contribution is 2.32. The van der Waals surface area contributed by atoms with E-state index in [4.69, 9.17) is 5.11 Å². The van der Waals surface area contributed by atoms with Gasteiger partial charge in [-0.3, -0.25) is 15.0 Å². The fraction of sp³-hybridized carbons (Fsp3) is 0.222. The third kappa shape index (κ3) is 2.47. The average molecular weight is 246 g/mol. The molecule has 0 aliphatic carbocycles. The molecule has 1 amide bonds. The fourth-order valence-corrected chi connectivity index (χ4v) is 1.35. The highest BCUT2D eigenvalue weighted by molar-refractivity contribution is 5.89. The Morgan fingerprint density at radius 2 is 2.12 bits per heavy atom. The van der Waals surface area contributed by atoms with Gasteiger partial charge in [-0.15, -0.1) is 0 Å². The smallest absolute Gasteiger partial charge is 0.412 e. The number of carbonyl (C=O) groups is 1. The zero-order chi connectivity index (χ0) is 13.2. The summed E-state index contributed by atoms with van der Waals surface area (Å²) in [7, 11) is 0. The molecule has 0 radical (unpaired) electrons. The van der Waals surface area contributed by atoms with Gasteiger partial charge in [-0.25, -0.2) is 13.6 Å². The zero-order valence-electron chi connectivity index (χ0n) is 8.68. The third-order valence-corrected chi connectivity index (χ3v) is 2.02. The van der Waals surface area contributed by atoms with Crippen LogP contribution in [0.4, 0.5) is 25.0 Å². The number of hydrogen-bond donors (Lipinski definition) is 1. The van der Waals surface area contributed by atoms with Crippen molar-refractivity contribution in [2.75, 3.05) is 11.4 Å². The number of nitrogens with zero attached hydrogens (tertiary/aromatic N) is 2. The van der Waals surface area contributed by atoms with E-state index >= 15 is 0 Å². The summed E-state index contributed by atoms with van der Waals surface area (Å²) in [6, 6.07) is 0.873. The molecule has 1 rings (SSSR count). The minimum atomic E-state index is -1.55. The second-order valence-corrected chi connectivity index (χ2v) is 3.04. The quantitative estimate of drug-likeness (QED) is 0.655. The molecule has 0 fully saturated rings. The van der Waals surface area contributed by atoms with Crippen molar-refractivity contribution >= 4 is 17.5 Å². The molecule has 0 aliphatic heterocycles. The van der Waals surface area contributed by atoms with Gasteiger partial charge in [-0.05, 0) is 6.92 Å². The first-order chi connectivity index (χ1) is 7.88. The van der Waals surface area contributed by atoms with Crippen LogP contribution in [0, 0.1) is 21.7 Å². The summed E-state index contributed by atoms with van der Waals surface area (Å²) in [5.41, 5.74) is -1.68. The van der Waals surface area contributed by atoms with E-state index in [1.807, 2.05) is 0 Å². The summed E-state index contributed by atoms with van der Waals surface area (Å²) in [6.45, 7) is 1.18. The Labute approximate surface area is 94.2 Å². The lowest BCUT2D eigenvalue weighted by atomic mass is 10.2. The van der Waals surface area contributed by atoms with Gasteiger partial charge in [0.1, 0.15) is 5.82 Å². The van der Waals surface area contributed by atoms with Gasteiger partial charge in [0.15, 0.2) is 11.5 Å². The molecule has 0 aromatic heterocycles. The molecule has 8 heteroatoms. The van der Waals surface area contributed by atoms with Crippen molar-refractivity contribution in [3.8, 4) is 0 Å². The average Bonchev–Trinajstić information content (AvgIpc) is 2.20. The van der Waals surface area contributed by atoms with Crippen molar-refractivity contribution in [2.45, 2.75) is 6.92 Å². The maximum atomic E-state index is 13.4.